The summed E-state index contributed by atoms with van der Waals surface area (Å²) in [5.74, 6) is 0. The average molecular weight is 357 g/mol. The standard InChI is InChI=1S/C22H32N2O2/c1-3-5-6-7-8-9-10-15-26-22-23-16-20(17-24-22)18-11-13-19(14-12-18)21(25)4-2/h11-14,16-17,21,25H,3-10,15H2,1-2H3. The summed E-state index contributed by atoms with van der Waals surface area (Å²) in [5.41, 5.74) is 2.92. The second kappa shape index (κ2) is 11.6. The van der Waals surface area contributed by atoms with Crippen molar-refractivity contribution in [1.82, 2.24) is 9.97 Å². The van der Waals surface area contributed by atoms with Gasteiger partial charge >= 0.3 is 6.01 Å². The van der Waals surface area contributed by atoms with Crippen LogP contribution >= 0.6 is 0 Å². The Morgan fingerprint density at radius 2 is 1.46 bits per heavy atom. The molecule has 0 fully saturated rings. The Hall–Kier alpha value is -1.94. The molecule has 0 radical (unpaired) electrons. The number of hydrogen-bond donors (Lipinski definition) is 1. The molecule has 0 aliphatic heterocycles. The molecule has 1 N–H and O–H groups in total. The summed E-state index contributed by atoms with van der Waals surface area (Å²) in [6.07, 6.45) is 12.8. The molecule has 0 spiro atoms. The monoisotopic (exact) mass is 356 g/mol. The minimum absolute atomic E-state index is 0.400. The highest BCUT2D eigenvalue weighted by molar-refractivity contribution is 5.61. The summed E-state index contributed by atoms with van der Waals surface area (Å²) in [5, 5.41) is 9.86. The summed E-state index contributed by atoms with van der Waals surface area (Å²) >= 11 is 0. The van der Waals surface area contributed by atoms with Crippen LogP contribution in [0.25, 0.3) is 11.1 Å². The third-order valence-corrected chi connectivity index (χ3v) is 4.62. The van der Waals surface area contributed by atoms with Gasteiger partial charge in [-0.05, 0) is 24.0 Å². The van der Waals surface area contributed by atoms with Gasteiger partial charge in [0.25, 0.3) is 0 Å². The second-order valence-corrected chi connectivity index (χ2v) is 6.77. The Balaban J connectivity index is 1.74. The molecule has 4 heteroatoms. The van der Waals surface area contributed by atoms with E-state index in [0.29, 0.717) is 19.0 Å². The lowest BCUT2D eigenvalue weighted by Crippen LogP contribution is -2.01. The number of unbranched alkanes of at least 4 members (excludes halogenated alkanes) is 6. The minimum atomic E-state index is -0.400. The van der Waals surface area contributed by atoms with Gasteiger partial charge in [0.2, 0.25) is 0 Å². The van der Waals surface area contributed by atoms with Crippen LogP contribution in [-0.4, -0.2) is 21.7 Å². The zero-order valence-electron chi connectivity index (χ0n) is 16.2. The third kappa shape index (κ3) is 6.75. The lowest BCUT2D eigenvalue weighted by atomic mass is 10.0. The van der Waals surface area contributed by atoms with Crippen molar-refractivity contribution in [2.75, 3.05) is 6.61 Å². The van der Waals surface area contributed by atoms with Gasteiger partial charge in [-0.1, -0.05) is 76.6 Å². The Bertz CT molecular complexity index is 611. The highest BCUT2D eigenvalue weighted by Gasteiger charge is 2.06. The molecule has 1 atom stereocenters. The molecule has 26 heavy (non-hydrogen) atoms. The zero-order chi connectivity index (χ0) is 18.6. The molecule has 0 saturated heterocycles. The lowest BCUT2D eigenvalue weighted by molar-refractivity contribution is 0.173. The van der Waals surface area contributed by atoms with E-state index in [1.165, 1.54) is 38.5 Å². The largest absolute Gasteiger partial charge is 0.463 e. The van der Waals surface area contributed by atoms with Gasteiger partial charge in [-0.2, -0.15) is 0 Å². The van der Waals surface area contributed by atoms with Crippen molar-refractivity contribution >= 4 is 0 Å². The molecule has 1 aromatic carbocycles. The maximum atomic E-state index is 9.86. The van der Waals surface area contributed by atoms with Gasteiger partial charge in [0.15, 0.2) is 0 Å². The Morgan fingerprint density at radius 3 is 2.08 bits per heavy atom. The first kappa shape index (κ1) is 20.4. The van der Waals surface area contributed by atoms with Crippen LogP contribution in [0.2, 0.25) is 0 Å². The predicted molar refractivity (Wildman–Crippen MR) is 106 cm³/mol. The number of aliphatic hydroxyl groups excluding tert-OH is 1. The van der Waals surface area contributed by atoms with Crippen LogP contribution in [0.5, 0.6) is 6.01 Å². The number of hydrogen-bond acceptors (Lipinski definition) is 4. The fourth-order valence-electron chi connectivity index (χ4n) is 2.90. The van der Waals surface area contributed by atoms with Crippen LogP contribution in [0.1, 0.15) is 76.9 Å². The second-order valence-electron chi connectivity index (χ2n) is 6.77. The molecule has 0 saturated carbocycles. The summed E-state index contributed by atoms with van der Waals surface area (Å²) in [7, 11) is 0. The molecular formula is C22H32N2O2. The van der Waals surface area contributed by atoms with E-state index in [2.05, 4.69) is 16.9 Å². The molecule has 1 heterocycles. The van der Waals surface area contributed by atoms with Crippen molar-refractivity contribution in [3.05, 3.63) is 42.2 Å². The highest BCUT2D eigenvalue weighted by atomic mass is 16.5. The first-order valence-corrected chi connectivity index (χ1v) is 9.97. The molecule has 142 valence electrons. The number of aromatic nitrogens is 2. The van der Waals surface area contributed by atoms with Crippen LogP contribution in [0.4, 0.5) is 0 Å². The number of aliphatic hydroxyl groups is 1. The van der Waals surface area contributed by atoms with Gasteiger partial charge in [0.05, 0.1) is 12.7 Å². The van der Waals surface area contributed by atoms with Gasteiger partial charge in [-0.3, -0.25) is 0 Å². The fourth-order valence-corrected chi connectivity index (χ4v) is 2.90. The maximum Gasteiger partial charge on any atom is 0.316 e. The summed E-state index contributed by atoms with van der Waals surface area (Å²) in [4.78, 5) is 8.61. The number of ether oxygens (including phenoxy) is 1. The molecule has 2 aromatic rings. The van der Waals surface area contributed by atoms with Gasteiger partial charge in [0.1, 0.15) is 0 Å². The summed E-state index contributed by atoms with van der Waals surface area (Å²) in [6, 6.07) is 8.33. The predicted octanol–water partition coefficient (Wildman–Crippen LogP) is 5.72. The molecule has 4 nitrogen and oxygen atoms in total. The van der Waals surface area contributed by atoms with Crippen LogP contribution in [-0.2, 0) is 0 Å². The van der Waals surface area contributed by atoms with E-state index in [-0.39, 0.29) is 0 Å². The average Bonchev–Trinajstić information content (AvgIpc) is 2.70. The van der Waals surface area contributed by atoms with Crippen LogP contribution in [0, 0.1) is 0 Å². The van der Waals surface area contributed by atoms with Crippen molar-refractivity contribution in [3.8, 4) is 17.1 Å². The zero-order valence-corrected chi connectivity index (χ0v) is 16.2. The molecule has 1 unspecified atom stereocenters. The highest BCUT2D eigenvalue weighted by Crippen LogP contribution is 2.23. The molecular weight excluding hydrogens is 324 g/mol. The maximum absolute atomic E-state index is 9.86. The van der Waals surface area contributed by atoms with Crippen molar-refractivity contribution in [2.45, 2.75) is 71.3 Å². The van der Waals surface area contributed by atoms with E-state index < -0.39 is 6.10 Å². The molecule has 0 bridgehead atoms. The van der Waals surface area contributed by atoms with Crippen molar-refractivity contribution < 1.29 is 9.84 Å². The van der Waals surface area contributed by atoms with E-state index >= 15 is 0 Å². The van der Waals surface area contributed by atoms with E-state index in [9.17, 15) is 5.11 Å². The van der Waals surface area contributed by atoms with Crippen molar-refractivity contribution in [1.29, 1.82) is 0 Å². The molecule has 0 amide bonds. The van der Waals surface area contributed by atoms with Crippen molar-refractivity contribution in [2.24, 2.45) is 0 Å². The smallest absolute Gasteiger partial charge is 0.316 e. The van der Waals surface area contributed by atoms with E-state index in [4.69, 9.17) is 4.74 Å². The van der Waals surface area contributed by atoms with Crippen LogP contribution < -0.4 is 4.74 Å². The SMILES string of the molecule is CCCCCCCCCOc1ncc(-c2ccc(C(O)CC)cc2)cn1. The topological polar surface area (TPSA) is 55.2 Å². The number of nitrogens with zero attached hydrogens (tertiary/aromatic N) is 2. The third-order valence-electron chi connectivity index (χ3n) is 4.62. The quantitative estimate of drug-likeness (QED) is 0.494. The van der Waals surface area contributed by atoms with E-state index in [0.717, 1.165) is 23.1 Å². The van der Waals surface area contributed by atoms with Crippen LogP contribution in [0.3, 0.4) is 0 Å². The van der Waals surface area contributed by atoms with E-state index in [1.807, 2.05) is 31.2 Å². The lowest BCUT2D eigenvalue weighted by Gasteiger charge is -2.09. The molecule has 2 rings (SSSR count). The summed E-state index contributed by atoms with van der Waals surface area (Å²) < 4.78 is 5.63. The van der Waals surface area contributed by atoms with Gasteiger partial charge in [0, 0.05) is 18.0 Å². The van der Waals surface area contributed by atoms with Gasteiger partial charge in [-0.25, -0.2) is 9.97 Å². The minimum Gasteiger partial charge on any atom is -0.463 e. The Labute approximate surface area is 157 Å². The fraction of sp³-hybridized carbons (Fsp3) is 0.545. The molecule has 1 aromatic heterocycles. The normalized spacial score (nSPS) is 12.1. The van der Waals surface area contributed by atoms with Crippen molar-refractivity contribution in [3.63, 3.8) is 0 Å². The summed E-state index contributed by atoms with van der Waals surface area (Å²) in [6.45, 7) is 4.89. The van der Waals surface area contributed by atoms with Crippen LogP contribution in [0.15, 0.2) is 36.7 Å². The van der Waals surface area contributed by atoms with Gasteiger partial charge in [-0.15, -0.1) is 0 Å². The van der Waals surface area contributed by atoms with Gasteiger partial charge < -0.3 is 9.84 Å². The Morgan fingerprint density at radius 1 is 0.846 bits per heavy atom. The molecule has 0 aliphatic rings. The Kier molecular flexibility index (Phi) is 9.11. The first-order valence-electron chi connectivity index (χ1n) is 9.97. The first-order chi connectivity index (χ1) is 12.7. The van der Waals surface area contributed by atoms with E-state index in [1.54, 1.807) is 12.4 Å². The number of benzene rings is 1. The number of rotatable bonds is 12. The molecule has 0 aliphatic carbocycles.